The van der Waals surface area contributed by atoms with Gasteiger partial charge < -0.3 is 23.9 Å². The van der Waals surface area contributed by atoms with Gasteiger partial charge in [0.15, 0.2) is 0 Å². The zero-order valence-electron chi connectivity index (χ0n) is 29.7. The lowest BCUT2D eigenvalue weighted by Gasteiger charge is -2.29. The monoisotopic (exact) mass is 701 g/mol. The zero-order chi connectivity index (χ0) is 37.6. The van der Waals surface area contributed by atoms with Crippen LogP contribution >= 0.6 is 0 Å². The van der Waals surface area contributed by atoms with Gasteiger partial charge >= 0.3 is 24.6 Å². The SMILES string of the molecule is Cn1cnc2c(-c3ccc(OC(F)(F)F)cc3)cc(CN(C(=O)OC(C)(C)C)C(=O)OC(C)(C)C)c(Cc3cn(C(=O)O)nc3C(C)(C)C)c21. The predicted molar refractivity (Wildman–Crippen MR) is 178 cm³/mol. The maximum Gasteiger partial charge on any atom is 0.573 e. The first-order chi connectivity index (χ1) is 22.8. The van der Waals surface area contributed by atoms with E-state index in [4.69, 9.17) is 9.47 Å². The van der Waals surface area contributed by atoms with Crippen molar-refractivity contribution in [2.45, 2.75) is 98.3 Å². The van der Waals surface area contributed by atoms with Gasteiger partial charge in [0.05, 0.1) is 29.6 Å². The molecule has 4 aromatic rings. The molecule has 2 aromatic carbocycles. The van der Waals surface area contributed by atoms with Gasteiger partial charge in [0.25, 0.3) is 0 Å². The molecular formula is C35H42F3N5O7. The van der Waals surface area contributed by atoms with Crippen molar-refractivity contribution in [3.63, 3.8) is 0 Å². The molecular weight excluding hydrogens is 659 g/mol. The zero-order valence-corrected chi connectivity index (χ0v) is 29.7. The van der Waals surface area contributed by atoms with Crippen LogP contribution in [0.1, 0.15) is 84.7 Å². The smallest absolute Gasteiger partial charge is 0.463 e. The van der Waals surface area contributed by atoms with Crippen molar-refractivity contribution < 1.29 is 46.9 Å². The Labute approximate surface area is 287 Å². The van der Waals surface area contributed by atoms with Crippen LogP contribution < -0.4 is 4.74 Å². The molecule has 0 unspecified atom stereocenters. The number of carbonyl (C=O) groups excluding carboxylic acids is 2. The van der Waals surface area contributed by atoms with Crippen LogP contribution in [-0.2, 0) is 34.9 Å². The molecule has 50 heavy (non-hydrogen) atoms. The number of hydrogen-bond donors (Lipinski definition) is 1. The van der Waals surface area contributed by atoms with Gasteiger partial charge in [0.2, 0.25) is 0 Å². The topological polar surface area (TPSA) is 138 Å². The number of aromatic nitrogens is 4. The summed E-state index contributed by atoms with van der Waals surface area (Å²) in [6.07, 6.45) is -4.99. The second kappa shape index (κ2) is 13.3. The Balaban J connectivity index is 2.00. The van der Waals surface area contributed by atoms with Crippen LogP contribution in [0.2, 0.25) is 0 Å². The number of imide groups is 1. The minimum atomic E-state index is -4.88. The third-order valence-corrected chi connectivity index (χ3v) is 7.20. The normalized spacial score (nSPS) is 12.6. The van der Waals surface area contributed by atoms with E-state index in [0.29, 0.717) is 44.5 Å². The van der Waals surface area contributed by atoms with Crippen molar-refractivity contribution in [1.29, 1.82) is 0 Å². The van der Waals surface area contributed by atoms with E-state index >= 15 is 0 Å². The lowest BCUT2D eigenvalue weighted by atomic mass is 9.86. The molecule has 2 aromatic heterocycles. The summed E-state index contributed by atoms with van der Waals surface area (Å²) in [5.41, 5.74) is 1.63. The summed E-state index contributed by atoms with van der Waals surface area (Å²) in [5.74, 6) is -0.415. The standard InChI is InChI=1S/C35H42F3N5O7/c1-32(2,3)28-22(18-43(40-28)29(44)45)16-25-21(17-42(30(46)49-33(4,5)6)31(47)50-34(7,8)9)15-24(26-27(25)41(10)19-39-26)20-11-13-23(14-12-20)48-35(36,37)38/h11-15,18-19H,16-17H2,1-10H3,(H,44,45). The molecule has 0 fully saturated rings. The number of benzene rings is 2. The summed E-state index contributed by atoms with van der Waals surface area (Å²) in [5, 5.41) is 14.1. The van der Waals surface area contributed by atoms with E-state index in [2.05, 4.69) is 14.8 Å². The van der Waals surface area contributed by atoms with Gasteiger partial charge in [-0.25, -0.2) is 24.3 Å². The number of aryl methyl sites for hydroxylation is 1. The molecule has 12 nitrogen and oxygen atoms in total. The molecule has 0 saturated carbocycles. The molecule has 0 radical (unpaired) electrons. The van der Waals surface area contributed by atoms with Gasteiger partial charge in [-0.15, -0.1) is 13.2 Å². The number of halogens is 3. The molecule has 0 bridgehead atoms. The minimum Gasteiger partial charge on any atom is -0.463 e. The summed E-state index contributed by atoms with van der Waals surface area (Å²) in [6.45, 7) is 15.3. The number of nitrogens with zero attached hydrogens (tertiary/aromatic N) is 5. The first kappa shape index (κ1) is 37.7. The van der Waals surface area contributed by atoms with Gasteiger partial charge in [-0.05, 0) is 82.0 Å². The highest BCUT2D eigenvalue weighted by Crippen LogP contribution is 2.37. The fourth-order valence-corrected chi connectivity index (χ4v) is 5.33. The first-order valence-electron chi connectivity index (χ1n) is 15.7. The number of rotatable bonds is 6. The number of carboxylic acid groups (broad SMARTS) is 1. The number of imidazole rings is 1. The van der Waals surface area contributed by atoms with E-state index in [0.717, 1.165) is 9.58 Å². The van der Waals surface area contributed by atoms with Gasteiger partial charge in [-0.2, -0.15) is 9.78 Å². The summed E-state index contributed by atoms with van der Waals surface area (Å²) in [6, 6.07) is 6.94. The van der Waals surface area contributed by atoms with Crippen LogP contribution in [0.4, 0.5) is 27.6 Å². The molecule has 270 valence electrons. The molecule has 0 atom stereocenters. The maximum absolute atomic E-state index is 13.6. The Morgan fingerprint density at radius 1 is 0.880 bits per heavy atom. The largest absolute Gasteiger partial charge is 0.573 e. The number of hydrogen-bond acceptors (Lipinski definition) is 8. The van der Waals surface area contributed by atoms with Crippen LogP contribution in [-0.4, -0.2) is 65.2 Å². The van der Waals surface area contributed by atoms with E-state index in [-0.39, 0.29) is 13.0 Å². The summed E-state index contributed by atoms with van der Waals surface area (Å²) >= 11 is 0. The molecule has 0 saturated heterocycles. The van der Waals surface area contributed by atoms with Crippen LogP contribution in [0.3, 0.4) is 0 Å². The number of alkyl halides is 3. The average molecular weight is 702 g/mol. The number of carbonyl (C=O) groups is 3. The highest BCUT2D eigenvalue weighted by atomic mass is 19.4. The molecule has 2 amide bonds. The third kappa shape index (κ3) is 9.12. The molecule has 0 aliphatic rings. The van der Waals surface area contributed by atoms with Gasteiger partial charge in [-0.3, -0.25) is 0 Å². The van der Waals surface area contributed by atoms with E-state index < -0.39 is 47.0 Å². The average Bonchev–Trinajstić information content (AvgIpc) is 3.54. The molecule has 0 aliphatic heterocycles. The number of amides is 2. The second-order valence-corrected chi connectivity index (χ2v) is 14.9. The summed E-state index contributed by atoms with van der Waals surface area (Å²) < 4.78 is 56.6. The Bertz CT molecular complexity index is 1880. The lowest BCUT2D eigenvalue weighted by molar-refractivity contribution is -0.274. The van der Waals surface area contributed by atoms with Gasteiger partial charge in [0, 0.05) is 30.6 Å². The van der Waals surface area contributed by atoms with Crippen molar-refractivity contribution in [2.75, 3.05) is 0 Å². The molecule has 1 N–H and O–H groups in total. The van der Waals surface area contributed by atoms with Crippen LogP contribution in [0.15, 0.2) is 42.9 Å². The Kier molecular flexibility index (Phi) is 10.1. The lowest BCUT2D eigenvalue weighted by Crippen LogP contribution is -2.43. The molecule has 2 heterocycles. The highest BCUT2D eigenvalue weighted by molar-refractivity contribution is 5.96. The quantitative estimate of drug-likeness (QED) is 0.210. The molecule has 4 rings (SSSR count). The highest BCUT2D eigenvalue weighted by Gasteiger charge is 2.34. The minimum absolute atomic E-state index is 0.111. The fraction of sp³-hybridized carbons (Fsp3) is 0.457. The van der Waals surface area contributed by atoms with Gasteiger partial charge in [0.1, 0.15) is 17.0 Å². The Morgan fingerprint density at radius 3 is 1.92 bits per heavy atom. The fourth-order valence-electron chi connectivity index (χ4n) is 5.33. The Morgan fingerprint density at radius 2 is 1.44 bits per heavy atom. The van der Waals surface area contributed by atoms with Crippen molar-refractivity contribution >= 4 is 29.3 Å². The van der Waals surface area contributed by atoms with E-state index in [1.807, 2.05) is 20.8 Å². The van der Waals surface area contributed by atoms with Crippen LogP contribution in [0.25, 0.3) is 22.2 Å². The first-order valence-corrected chi connectivity index (χ1v) is 15.7. The van der Waals surface area contributed by atoms with Crippen molar-refractivity contribution in [1.82, 2.24) is 24.2 Å². The van der Waals surface area contributed by atoms with E-state index in [1.165, 1.54) is 30.5 Å². The maximum atomic E-state index is 13.6. The van der Waals surface area contributed by atoms with Crippen LogP contribution in [0.5, 0.6) is 5.75 Å². The second-order valence-electron chi connectivity index (χ2n) is 14.9. The van der Waals surface area contributed by atoms with Crippen molar-refractivity contribution in [3.05, 3.63) is 65.2 Å². The third-order valence-electron chi connectivity index (χ3n) is 7.20. The molecule has 15 heteroatoms. The van der Waals surface area contributed by atoms with Crippen LogP contribution in [0, 0.1) is 0 Å². The van der Waals surface area contributed by atoms with Crippen molar-refractivity contribution in [2.24, 2.45) is 7.05 Å². The van der Waals surface area contributed by atoms with E-state index in [1.54, 1.807) is 65.6 Å². The van der Waals surface area contributed by atoms with E-state index in [9.17, 15) is 32.7 Å². The number of ether oxygens (including phenoxy) is 3. The summed E-state index contributed by atoms with van der Waals surface area (Å²) in [4.78, 5) is 44.6. The predicted octanol–water partition coefficient (Wildman–Crippen LogP) is 8.42. The molecule has 0 aliphatic carbocycles. The summed E-state index contributed by atoms with van der Waals surface area (Å²) in [7, 11) is 1.75. The van der Waals surface area contributed by atoms with Gasteiger partial charge in [-0.1, -0.05) is 32.9 Å². The Hall–Kier alpha value is -5.08. The number of fused-ring (bicyclic) bond motifs is 1. The molecule has 0 spiro atoms. The van der Waals surface area contributed by atoms with Crippen molar-refractivity contribution in [3.8, 4) is 16.9 Å².